The molecule has 2 aliphatic rings. The smallest absolute Gasteiger partial charge is 0.250 e. The van der Waals surface area contributed by atoms with Gasteiger partial charge in [-0.1, -0.05) is 6.07 Å². The molecular weight excluding hydrogens is 280 g/mol. The van der Waals surface area contributed by atoms with E-state index in [-0.39, 0.29) is 11.7 Å². The minimum Gasteiger partial charge on any atom is -0.389 e. The first-order chi connectivity index (χ1) is 10.5. The van der Waals surface area contributed by atoms with Gasteiger partial charge in [0.25, 0.3) is 5.56 Å². The van der Waals surface area contributed by atoms with E-state index in [9.17, 15) is 9.90 Å². The lowest BCUT2D eigenvalue weighted by Gasteiger charge is -2.43. The van der Waals surface area contributed by atoms with Gasteiger partial charge in [-0.15, -0.1) is 0 Å². The number of aliphatic hydroxyl groups is 1. The molecule has 3 rings (SSSR count). The summed E-state index contributed by atoms with van der Waals surface area (Å²) >= 11 is 0. The molecule has 5 nitrogen and oxygen atoms in total. The molecule has 1 aromatic heterocycles. The van der Waals surface area contributed by atoms with E-state index in [0.717, 1.165) is 31.7 Å². The predicted molar refractivity (Wildman–Crippen MR) is 85.1 cm³/mol. The van der Waals surface area contributed by atoms with Crippen molar-refractivity contribution in [3.8, 4) is 0 Å². The molecule has 3 heterocycles. The van der Waals surface area contributed by atoms with Crippen LogP contribution in [0.1, 0.15) is 31.9 Å². The van der Waals surface area contributed by atoms with Crippen LogP contribution < -0.4 is 5.56 Å². The molecule has 3 atom stereocenters. The molecule has 0 spiro atoms. The van der Waals surface area contributed by atoms with Gasteiger partial charge >= 0.3 is 0 Å². The van der Waals surface area contributed by atoms with E-state index in [1.807, 2.05) is 24.5 Å². The summed E-state index contributed by atoms with van der Waals surface area (Å²) in [6.45, 7) is 7.67. The summed E-state index contributed by atoms with van der Waals surface area (Å²) in [5, 5.41) is 10.1. The molecule has 0 saturated carbocycles. The van der Waals surface area contributed by atoms with Crippen LogP contribution in [-0.2, 0) is 11.3 Å². The van der Waals surface area contributed by atoms with Crippen LogP contribution in [0, 0.1) is 5.92 Å². The van der Waals surface area contributed by atoms with Crippen molar-refractivity contribution >= 4 is 0 Å². The summed E-state index contributed by atoms with van der Waals surface area (Å²) in [5.41, 5.74) is 1.27. The highest BCUT2D eigenvalue weighted by atomic mass is 16.5. The van der Waals surface area contributed by atoms with Crippen molar-refractivity contribution < 1.29 is 9.84 Å². The fourth-order valence-electron chi connectivity index (χ4n) is 3.80. The third-order valence-electron chi connectivity index (χ3n) is 4.65. The Bertz CT molecular complexity index is 569. The molecule has 0 amide bonds. The zero-order chi connectivity index (χ0) is 15.7. The van der Waals surface area contributed by atoms with Crippen LogP contribution >= 0.6 is 0 Å². The number of pyridine rings is 1. The van der Waals surface area contributed by atoms with Gasteiger partial charge in [0.05, 0.1) is 18.8 Å². The number of hydrogen-bond donors (Lipinski definition) is 1. The van der Waals surface area contributed by atoms with Gasteiger partial charge < -0.3 is 14.4 Å². The first kappa shape index (κ1) is 15.7. The summed E-state index contributed by atoms with van der Waals surface area (Å²) < 4.78 is 7.43. The quantitative estimate of drug-likeness (QED) is 0.883. The van der Waals surface area contributed by atoms with Crippen molar-refractivity contribution in [3.05, 3.63) is 34.2 Å². The van der Waals surface area contributed by atoms with Crippen LogP contribution in [0.5, 0.6) is 0 Å². The average Bonchev–Trinajstić information content (AvgIpc) is 2.46. The zero-order valence-corrected chi connectivity index (χ0v) is 13.4. The molecule has 0 unspecified atom stereocenters. The van der Waals surface area contributed by atoms with Gasteiger partial charge in [0.1, 0.15) is 0 Å². The van der Waals surface area contributed by atoms with Crippen LogP contribution in [0.3, 0.4) is 0 Å². The zero-order valence-electron chi connectivity index (χ0n) is 13.4. The number of likely N-dealkylation sites (tertiary alicyclic amines) is 1. The minimum atomic E-state index is -0.445. The lowest BCUT2D eigenvalue weighted by atomic mass is 9.83. The van der Waals surface area contributed by atoms with Crippen LogP contribution in [0.15, 0.2) is 23.0 Å². The van der Waals surface area contributed by atoms with E-state index in [0.29, 0.717) is 25.0 Å². The molecule has 0 aliphatic carbocycles. The molecule has 1 fully saturated rings. The van der Waals surface area contributed by atoms with E-state index >= 15 is 0 Å². The van der Waals surface area contributed by atoms with E-state index < -0.39 is 6.10 Å². The summed E-state index contributed by atoms with van der Waals surface area (Å²) in [4.78, 5) is 14.3. The van der Waals surface area contributed by atoms with E-state index in [1.54, 1.807) is 6.07 Å². The molecule has 1 N–H and O–H groups in total. The van der Waals surface area contributed by atoms with E-state index in [2.05, 4.69) is 11.0 Å². The minimum absolute atomic E-state index is 0.117. The summed E-state index contributed by atoms with van der Waals surface area (Å²) in [6, 6.07) is 5.58. The van der Waals surface area contributed by atoms with Gasteiger partial charge in [-0.2, -0.15) is 0 Å². The topological polar surface area (TPSA) is 54.7 Å². The van der Waals surface area contributed by atoms with Crippen molar-refractivity contribution in [2.45, 2.75) is 44.9 Å². The van der Waals surface area contributed by atoms with Crippen LogP contribution in [-0.4, -0.2) is 53.0 Å². The SMILES string of the molecule is CC(C)OC[C@@H](O)CN1C[C@@H]2C[C@H](C1)c1cccc(=O)n1C2. The van der Waals surface area contributed by atoms with Gasteiger partial charge in [-0.25, -0.2) is 0 Å². The van der Waals surface area contributed by atoms with E-state index in [1.165, 1.54) is 0 Å². The van der Waals surface area contributed by atoms with E-state index in [4.69, 9.17) is 4.74 Å². The monoisotopic (exact) mass is 306 g/mol. The Balaban J connectivity index is 1.65. The Morgan fingerprint density at radius 2 is 2.14 bits per heavy atom. The van der Waals surface area contributed by atoms with Gasteiger partial charge in [-0.05, 0) is 32.3 Å². The molecule has 2 aliphatic heterocycles. The van der Waals surface area contributed by atoms with Gasteiger partial charge in [0.15, 0.2) is 0 Å². The maximum absolute atomic E-state index is 12.0. The number of aromatic nitrogens is 1. The lowest BCUT2D eigenvalue weighted by Crippen LogP contribution is -2.49. The fourth-order valence-corrected chi connectivity index (χ4v) is 3.80. The second-order valence-electron chi connectivity index (χ2n) is 6.95. The number of hydrogen-bond acceptors (Lipinski definition) is 4. The predicted octanol–water partition coefficient (Wildman–Crippen LogP) is 1.05. The normalized spacial score (nSPS) is 26.0. The first-order valence-corrected chi connectivity index (χ1v) is 8.24. The number of nitrogens with zero attached hydrogens (tertiary/aromatic N) is 2. The Kier molecular flexibility index (Phi) is 4.66. The van der Waals surface area contributed by atoms with Gasteiger partial charge in [0, 0.05) is 43.9 Å². The number of fused-ring (bicyclic) bond motifs is 4. The molecule has 0 aromatic carbocycles. The number of piperidine rings is 1. The standard InChI is InChI=1S/C17H26N2O3/c1-12(2)22-11-15(20)10-18-7-13-6-14(9-18)16-4-3-5-17(21)19(16)8-13/h3-5,12-15,20H,6-11H2,1-2H3/t13-,14+,15-/m0/s1. The maximum Gasteiger partial charge on any atom is 0.250 e. The summed E-state index contributed by atoms with van der Waals surface area (Å²) in [5.74, 6) is 0.907. The van der Waals surface area contributed by atoms with Gasteiger partial charge in [-0.3, -0.25) is 9.69 Å². The van der Waals surface area contributed by atoms with Crippen LogP contribution in [0.4, 0.5) is 0 Å². The first-order valence-electron chi connectivity index (χ1n) is 8.24. The van der Waals surface area contributed by atoms with Crippen molar-refractivity contribution in [1.82, 2.24) is 9.47 Å². The third kappa shape index (κ3) is 3.42. The Labute approximate surface area is 131 Å². The fraction of sp³-hybridized carbons (Fsp3) is 0.706. The highest BCUT2D eigenvalue weighted by Crippen LogP contribution is 2.34. The number of aliphatic hydroxyl groups excluding tert-OH is 1. The highest BCUT2D eigenvalue weighted by molar-refractivity contribution is 5.16. The molecule has 1 aromatic rings. The second-order valence-corrected chi connectivity index (χ2v) is 6.95. The molecule has 22 heavy (non-hydrogen) atoms. The molecule has 0 radical (unpaired) electrons. The molecule has 122 valence electrons. The number of ether oxygens (including phenoxy) is 1. The second kappa shape index (κ2) is 6.52. The Hall–Kier alpha value is -1.17. The van der Waals surface area contributed by atoms with Crippen LogP contribution in [0.2, 0.25) is 0 Å². The Morgan fingerprint density at radius 1 is 1.32 bits per heavy atom. The largest absolute Gasteiger partial charge is 0.389 e. The van der Waals surface area contributed by atoms with Crippen LogP contribution in [0.25, 0.3) is 0 Å². The third-order valence-corrected chi connectivity index (χ3v) is 4.65. The van der Waals surface area contributed by atoms with Crippen molar-refractivity contribution in [2.24, 2.45) is 5.92 Å². The van der Waals surface area contributed by atoms with Crippen molar-refractivity contribution in [1.29, 1.82) is 0 Å². The van der Waals surface area contributed by atoms with Crippen molar-refractivity contribution in [3.63, 3.8) is 0 Å². The number of β-amino-alcohol motifs (C(OH)–C–C–N with tert-alkyl or cyclic N) is 1. The van der Waals surface area contributed by atoms with Gasteiger partial charge in [0.2, 0.25) is 0 Å². The molecule has 5 heteroatoms. The Morgan fingerprint density at radius 3 is 2.91 bits per heavy atom. The summed E-state index contributed by atoms with van der Waals surface area (Å²) in [6.07, 6.45) is 0.853. The maximum atomic E-state index is 12.0. The lowest BCUT2D eigenvalue weighted by molar-refractivity contribution is -0.0174. The highest BCUT2D eigenvalue weighted by Gasteiger charge is 2.34. The molecular formula is C17H26N2O3. The van der Waals surface area contributed by atoms with Crippen molar-refractivity contribution in [2.75, 3.05) is 26.2 Å². The summed E-state index contributed by atoms with van der Waals surface area (Å²) in [7, 11) is 0. The number of rotatable bonds is 5. The average molecular weight is 306 g/mol. The molecule has 1 saturated heterocycles. The molecule has 2 bridgehead atoms.